The van der Waals surface area contributed by atoms with E-state index in [0.29, 0.717) is 30.0 Å². The summed E-state index contributed by atoms with van der Waals surface area (Å²) in [6, 6.07) is 11.3. The van der Waals surface area contributed by atoms with Gasteiger partial charge in [-0.2, -0.15) is 0 Å². The topological polar surface area (TPSA) is 58.6 Å². The first-order chi connectivity index (χ1) is 13.5. The van der Waals surface area contributed by atoms with Gasteiger partial charge in [0.1, 0.15) is 11.6 Å². The van der Waals surface area contributed by atoms with Crippen molar-refractivity contribution in [2.75, 3.05) is 25.0 Å². The fraction of sp³-hybridized carbons (Fsp3) is 0.364. The summed E-state index contributed by atoms with van der Waals surface area (Å²) in [5, 5.41) is 2.90. The van der Waals surface area contributed by atoms with Crippen molar-refractivity contribution in [1.29, 1.82) is 0 Å². The van der Waals surface area contributed by atoms with E-state index in [1.807, 2.05) is 24.0 Å². The number of anilines is 1. The van der Waals surface area contributed by atoms with E-state index in [9.17, 15) is 14.0 Å². The smallest absolute Gasteiger partial charge is 0.255 e. The molecule has 6 heteroatoms. The van der Waals surface area contributed by atoms with Gasteiger partial charge in [0.15, 0.2) is 0 Å². The molecule has 28 heavy (non-hydrogen) atoms. The van der Waals surface area contributed by atoms with Gasteiger partial charge in [0.25, 0.3) is 5.91 Å². The van der Waals surface area contributed by atoms with Crippen molar-refractivity contribution in [3.8, 4) is 5.75 Å². The Balaban J connectivity index is 1.54. The molecule has 2 aromatic carbocycles. The normalized spacial score (nSPS) is 13.4. The molecule has 2 amide bonds. The third kappa shape index (κ3) is 5.09. The van der Waals surface area contributed by atoms with E-state index in [1.54, 1.807) is 18.2 Å². The number of ether oxygens (including phenoxy) is 1. The van der Waals surface area contributed by atoms with Gasteiger partial charge < -0.3 is 15.0 Å². The fourth-order valence-electron chi connectivity index (χ4n) is 3.26. The van der Waals surface area contributed by atoms with Crippen LogP contribution < -0.4 is 10.1 Å². The number of amides is 2. The Kier molecular flexibility index (Phi) is 6.63. The molecule has 0 saturated carbocycles. The maximum atomic E-state index is 12.9. The molecule has 0 bridgehead atoms. The van der Waals surface area contributed by atoms with Crippen LogP contribution in [0.25, 0.3) is 0 Å². The number of carbonyl (C=O) groups excluding carboxylic acids is 2. The molecule has 0 radical (unpaired) electrons. The lowest BCUT2D eigenvalue weighted by atomic mass is 10.1. The van der Waals surface area contributed by atoms with Crippen LogP contribution in [0.3, 0.4) is 0 Å². The standard InChI is InChI=1S/C22H25FN2O3/c1-16-6-4-7-19(22(27)25-13-2-3-14-25)21(16)24-20(26)8-5-15-28-18-11-9-17(23)10-12-18/h4,6-7,9-12H,2-3,5,8,13-15H2,1H3,(H,24,26). The summed E-state index contributed by atoms with van der Waals surface area (Å²) in [5.41, 5.74) is 1.99. The number of hydrogen-bond acceptors (Lipinski definition) is 3. The Bertz CT molecular complexity index is 830. The van der Waals surface area contributed by atoms with Crippen LogP contribution in [-0.2, 0) is 4.79 Å². The van der Waals surface area contributed by atoms with E-state index in [0.717, 1.165) is 31.5 Å². The number of likely N-dealkylation sites (tertiary alicyclic amines) is 1. The predicted molar refractivity (Wildman–Crippen MR) is 106 cm³/mol. The van der Waals surface area contributed by atoms with Crippen molar-refractivity contribution < 1.29 is 18.7 Å². The van der Waals surface area contributed by atoms with Gasteiger partial charge in [-0.25, -0.2) is 4.39 Å². The van der Waals surface area contributed by atoms with Gasteiger partial charge in [0.05, 0.1) is 17.9 Å². The number of aryl methyl sites for hydroxylation is 1. The second kappa shape index (κ2) is 9.35. The highest BCUT2D eigenvalue weighted by Gasteiger charge is 2.23. The van der Waals surface area contributed by atoms with E-state index in [2.05, 4.69) is 5.32 Å². The number of nitrogens with one attached hydrogen (secondary N) is 1. The third-order valence-electron chi connectivity index (χ3n) is 4.79. The molecule has 1 aliphatic heterocycles. The molecule has 148 valence electrons. The van der Waals surface area contributed by atoms with Crippen molar-refractivity contribution >= 4 is 17.5 Å². The third-order valence-corrected chi connectivity index (χ3v) is 4.79. The van der Waals surface area contributed by atoms with Crippen LogP contribution >= 0.6 is 0 Å². The zero-order valence-corrected chi connectivity index (χ0v) is 16.0. The summed E-state index contributed by atoms with van der Waals surface area (Å²) in [5.74, 6) is 0.0621. The van der Waals surface area contributed by atoms with E-state index in [4.69, 9.17) is 4.74 Å². The minimum absolute atomic E-state index is 0.0313. The molecule has 0 atom stereocenters. The first kappa shape index (κ1) is 19.9. The van der Waals surface area contributed by atoms with Crippen molar-refractivity contribution in [3.63, 3.8) is 0 Å². The molecule has 1 fully saturated rings. The number of para-hydroxylation sites is 1. The molecule has 1 heterocycles. The number of halogens is 1. The summed E-state index contributed by atoms with van der Waals surface area (Å²) in [4.78, 5) is 27.0. The maximum Gasteiger partial charge on any atom is 0.255 e. The van der Waals surface area contributed by atoms with Crippen LogP contribution in [0.4, 0.5) is 10.1 Å². The average Bonchev–Trinajstić information content (AvgIpc) is 3.22. The Morgan fingerprint density at radius 1 is 1.11 bits per heavy atom. The molecule has 1 saturated heterocycles. The second-order valence-corrected chi connectivity index (χ2v) is 6.95. The number of carbonyl (C=O) groups is 2. The zero-order chi connectivity index (χ0) is 19.9. The van der Waals surface area contributed by atoms with Crippen molar-refractivity contribution in [3.05, 3.63) is 59.4 Å². The van der Waals surface area contributed by atoms with Gasteiger partial charge >= 0.3 is 0 Å². The van der Waals surface area contributed by atoms with Crippen LogP contribution in [-0.4, -0.2) is 36.4 Å². The summed E-state index contributed by atoms with van der Waals surface area (Å²) in [7, 11) is 0. The quantitative estimate of drug-likeness (QED) is 0.729. The molecule has 5 nitrogen and oxygen atoms in total. The Hall–Kier alpha value is -2.89. The summed E-state index contributed by atoms with van der Waals surface area (Å²) < 4.78 is 18.4. The van der Waals surface area contributed by atoms with E-state index in [1.165, 1.54) is 12.1 Å². The Morgan fingerprint density at radius 3 is 2.54 bits per heavy atom. The van der Waals surface area contributed by atoms with E-state index >= 15 is 0 Å². The monoisotopic (exact) mass is 384 g/mol. The SMILES string of the molecule is Cc1cccc(C(=O)N2CCCC2)c1NC(=O)CCCOc1ccc(F)cc1. The molecule has 2 aromatic rings. The molecular formula is C22H25FN2O3. The summed E-state index contributed by atoms with van der Waals surface area (Å²) in [6.07, 6.45) is 2.83. The Morgan fingerprint density at radius 2 is 1.82 bits per heavy atom. The first-order valence-corrected chi connectivity index (χ1v) is 9.62. The molecule has 0 aromatic heterocycles. The number of nitrogens with zero attached hydrogens (tertiary/aromatic N) is 1. The zero-order valence-electron chi connectivity index (χ0n) is 16.0. The maximum absolute atomic E-state index is 12.9. The summed E-state index contributed by atoms with van der Waals surface area (Å²) >= 11 is 0. The lowest BCUT2D eigenvalue weighted by Crippen LogP contribution is -2.29. The fourth-order valence-corrected chi connectivity index (χ4v) is 3.26. The number of rotatable bonds is 7. The summed E-state index contributed by atoms with van der Waals surface area (Å²) in [6.45, 7) is 3.77. The van der Waals surface area contributed by atoms with Gasteiger partial charge in [-0.1, -0.05) is 12.1 Å². The highest BCUT2D eigenvalue weighted by atomic mass is 19.1. The van der Waals surface area contributed by atoms with Crippen molar-refractivity contribution in [2.45, 2.75) is 32.6 Å². The lowest BCUT2D eigenvalue weighted by molar-refractivity contribution is -0.116. The molecule has 1 aliphatic rings. The Labute approximate surface area is 164 Å². The van der Waals surface area contributed by atoms with E-state index in [-0.39, 0.29) is 24.1 Å². The minimum atomic E-state index is -0.316. The highest BCUT2D eigenvalue weighted by molar-refractivity contribution is 6.04. The van der Waals surface area contributed by atoms with Gasteiger partial charge in [-0.15, -0.1) is 0 Å². The molecule has 0 unspecified atom stereocenters. The average molecular weight is 384 g/mol. The molecule has 1 N–H and O–H groups in total. The van der Waals surface area contributed by atoms with Crippen LogP contribution in [0, 0.1) is 12.7 Å². The van der Waals surface area contributed by atoms with Gasteiger partial charge in [0.2, 0.25) is 5.91 Å². The second-order valence-electron chi connectivity index (χ2n) is 6.95. The van der Waals surface area contributed by atoms with E-state index < -0.39 is 0 Å². The van der Waals surface area contributed by atoms with Crippen molar-refractivity contribution in [1.82, 2.24) is 4.90 Å². The minimum Gasteiger partial charge on any atom is -0.494 e. The first-order valence-electron chi connectivity index (χ1n) is 9.62. The molecule has 3 rings (SSSR count). The lowest BCUT2D eigenvalue weighted by Gasteiger charge is -2.19. The highest BCUT2D eigenvalue weighted by Crippen LogP contribution is 2.24. The van der Waals surface area contributed by atoms with Gasteiger partial charge in [-0.3, -0.25) is 9.59 Å². The van der Waals surface area contributed by atoms with Crippen LogP contribution in [0.5, 0.6) is 5.75 Å². The van der Waals surface area contributed by atoms with Crippen molar-refractivity contribution in [2.24, 2.45) is 0 Å². The van der Waals surface area contributed by atoms with Gasteiger partial charge in [-0.05, 0) is 62.1 Å². The number of benzene rings is 2. The van der Waals surface area contributed by atoms with Crippen LogP contribution in [0.15, 0.2) is 42.5 Å². The molecule has 0 aliphatic carbocycles. The van der Waals surface area contributed by atoms with Crippen LogP contribution in [0.1, 0.15) is 41.6 Å². The predicted octanol–water partition coefficient (Wildman–Crippen LogP) is 4.17. The largest absolute Gasteiger partial charge is 0.494 e. The number of hydrogen-bond donors (Lipinski definition) is 1. The molecule has 0 spiro atoms. The van der Waals surface area contributed by atoms with Gasteiger partial charge in [0, 0.05) is 19.5 Å². The van der Waals surface area contributed by atoms with Crippen LogP contribution in [0.2, 0.25) is 0 Å². The molecular weight excluding hydrogens is 359 g/mol.